The van der Waals surface area contributed by atoms with Crippen LogP contribution in [-0.4, -0.2) is 31.2 Å². The van der Waals surface area contributed by atoms with E-state index in [0.717, 1.165) is 0 Å². The standard InChI is InChI=1S/C9H20O3/c1-7(2)6-9(3,10)8(11-4)12-5/h7-8,10H,6H2,1-5H3. The predicted octanol–water partition coefficient (Wildman–Crippen LogP) is 1.40. The van der Waals surface area contributed by atoms with Gasteiger partial charge in [0.15, 0.2) is 6.29 Å². The molecule has 0 radical (unpaired) electrons. The number of hydrogen-bond acceptors (Lipinski definition) is 3. The molecule has 0 aromatic heterocycles. The van der Waals surface area contributed by atoms with Crippen LogP contribution in [0, 0.1) is 5.92 Å². The number of methoxy groups -OCH3 is 2. The zero-order valence-corrected chi connectivity index (χ0v) is 8.63. The zero-order chi connectivity index (χ0) is 9.78. The number of ether oxygens (including phenoxy) is 2. The van der Waals surface area contributed by atoms with Gasteiger partial charge in [0.25, 0.3) is 0 Å². The lowest BCUT2D eigenvalue weighted by molar-refractivity contribution is -0.213. The minimum atomic E-state index is -0.905. The number of rotatable bonds is 5. The first-order chi connectivity index (χ1) is 5.44. The molecule has 0 spiro atoms. The summed E-state index contributed by atoms with van der Waals surface area (Å²) in [6.45, 7) is 5.83. The van der Waals surface area contributed by atoms with Crippen molar-refractivity contribution < 1.29 is 14.6 Å². The smallest absolute Gasteiger partial charge is 0.185 e. The van der Waals surface area contributed by atoms with Crippen LogP contribution < -0.4 is 0 Å². The van der Waals surface area contributed by atoms with Gasteiger partial charge in [0.05, 0.1) is 0 Å². The molecular formula is C9H20O3. The Kier molecular flexibility index (Phi) is 4.75. The van der Waals surface area contributed by atoms with E-state index < -0.39 is 11.9 Å². The SMILES string of the molecule is COC(OC)C(C)(O)CC(C)C. The summed E-state index contributed by atoms with van der Waals surface area (Å²) in [7, 11) is 3.06. The van der Waals surface area contributed by atoms with E-state index in [1.807, 2.05) is 0 Å². The van der Waals surface area contributed by atoms with Crippen LogP contribution in [0.3, 0.4) is 0 Å². The second kappa shape index (κ2) is 4.80. The summed E-state index contributed by atoms with van der Waals surface area (Å²) in [5.41, 5.74) is -0.905. The maximum Gasteiger partial charge on any atom is 0.185 e. The van der Waals surface area contributed by atoms with Crippen molar-refractivity contribution in [2.45, 2.75) is 39.1 Å². The molecule has 0 aliphatic heterocycles. The Hall–Kier alpha value is -0.120. The molecule has 74 valence electrons. The monoisotopic (exact) mass is 176 g/mol. The molecule has 0 amide bonds. The predicted molar refractivity (Wildman–Crippen MR) is 47.9 cm³/mol. The van der Waals surface area contributed by atoms with Crippen molar-refractivity contribution in [1.82, 2.24) is 0 Å². The molecular weight excluding hydrogens is 156 g/mol. The second-order valence-electron chi connectivity index (χ2n) is 3.76. The Balaban J connectivity index is 4.14. The highest BCUT2D eigenvalue weighted by atomic mass is 16.7. The van der Waals surface area contributed by atoms with Crippen molar-refractivity contribution in [3.05, 3.63) is 0 Å². The van der Waals surface area contributed by atoms with E-state index in [4.69, 9.17) is 9.47 Å². The van der Waals surface area contributed by atoms with Crippen LogP contribution in [0.25, 0.3) is 0 Å². The number of aliphatic hydroxyl groups is 1. The van der Waals surface area contributed by atoms with Gasteiger partial charge in [0.1, 0.15) is 5.60 Å². The average molecular weight is 176 g/mol. The molecule has 1 N–H and O–H groups in total. The van der Waals surface area contributed by atoms with Gasteiger partial charge in [-0.3, -0.25) is 0 Å². The minimum Gasteiger partial charge on any atom is -0.385 e. The Morgan fingerprint density at radius 1 is 1.25 bits per heavy atom. The van der Waals surface area contributed by atoms with Crippen molar-refractivity contribution in [3.63, 3.8) is 0 Å². The van der Waals surface area contributed by atoms with E-state index in [-0.39, 0.29) is 0 Å². The summed E-state index contributed by atoms with van der Waals surface area (Å²) >= 11 is 0. The molecule has 3 nitrogen and oxygen atoms in total. The normalized spacial score (nSPS) is 17.0. The lowest BCUT2D eigenvalue weighted by Crippen LogP contribution is -2.42. The molecule has 0 aromatic rings. The molecule has 0 aliphatic rings. The molecule has 0 aromatic carbocycles. The lowest BCUT2D eigenvalue weighted by atomic mass is 9.94. The van der Waals surface area contributed by atoms with Gasteiger partial charge in [-0.05, 0) is 19.3 Å². The van der Waals surface area contributed by atoms with Crippen LogP contribution in [0.4, 0.5) is 0 Å². The summed E-state index contributed by atoms with van der Waals surface area (Å²) in [5, 5.41) is 9.89. The quantitative estimate of drug-likeness (QED) is 0.643. The van der Waals surface area contributed by atoms with Crippen LogP contribution in [-0.2, 0) is 9.47 Å². The van der Waals surface area contributed by atoms with Crippen molar-refractivity contribution in [2.24, 2.45) is 5.92 Å². The van der Waals surface area contributed by atoms with Crippen LogP contribution in [0.5, 0.6) is 0 Å². The van der Waals surface area contributed by atoms with Crippen molar-refractivity contribution in [1.29, 1.82) is 0 Å². The first-order valence-corrected chi connectivity index (χ1v) is 4.22. The van der Waals surface area contributed by atoms with E-state index in [1.165, 1.54) is 14.2 Å². The maximum atomic E-state index is 9.89. The van der Waals surface area contributed by atoms with E-state index >= 15 is 0 Å². The van der Waals surface area contributed by atoms with Gasteiger partial charge in [0, 0.05) is 14.2 Å². The highest BCUT2D eigenvalue weighted by molar-refractivity contribution is 4.77. The molecule has 3 heteroatoms. The molecule has 0 saturated heterocycles. The molecule has 0 heterocycles. The van der Waals surface area contributed by atoms with Crippen LogP contribution in [0.1, 0.15) is 27.2 Å². The van der Waals surface area contributed by atoms with Crippen LogP contribution in [0.2, 0.25) is 0 Å². The van der Waals surface area contributed by atoms with E-state index in [1.54, 1.807) is 6.92 Å². The summed E-state index contributed by atoms with van der Waals surface area (Å²) in [6.07, 6.45) is 0.124. The summed E-state index contributed by atoms with van der Waals surface area (Å²) in [5.74, 6) is 0.424. The largest absolute Gasteiger partial charge is 0.385 e. The summed E-state index contributed by atoms with van der Waals surface area (Å²) in [6, 6.07) is 0. The Morgan fingerprint density at radius 3 is 1.92 bits per heavy atom. The molecule has 0 aliphatic carbocycles. The lowest BCUT2D eigenvalue weighted by Gasteiger charge is -2.31. The molecule has 1 unspecified atom stereocenters. The highest BCUT2D eigenvalue weighted by Gasteiger charge is 2.32. The van der Waals surface area contributed by atoms with Crippen LogP contribution in [0.15, 0.2) is 0 Å². The molecule has 0 fully saturated rings. The summed E-state index contributed by atoms with van der Waals surface area (Å²) < 4.78 is 9.99. The third kappa shape index (κ3) is 3.52. The first kappa shape index (κ1) is 11.9. The fraction of sp³-hybridized carbons (Fsp3) is 1.00. The van der Waals surface area contributed by atoms with E-state index in [2.05, 4.69) is 13.8 Å². The van der Waals surface area contributed by atoms with Gasteiger partial charge in [0.2, 0.25) is 0 Å². The molecule has 0 bridgehead atoms. The van der Waals surface area contributed by atoms with Gasteiger partial charge < -0.3 is 14.6 Å². The average Bonchev–Trinajstić information content (AvgIpc) is 1.85. The van der Waals surface area contributed by atoms with Gasteiger partial charge in [-0.2, -0.15) is 0 Å². The number of hydrogen-bond donors (Lipinski definition) is 1. The fourth-order valence-corrected chi connectivity index (χ4v) is 1.53. The van der Waals surface area contributed by atoms with Crippen molar-refractivity contribution in [3.8, 4) is 0 Å². The molecule has 1 atom stereocenters. The third-order valence-corrected chi connectivity index (χ3v) is 1.76. The van der Waals surface area contributed by atoms with Gasteiger partial charge in [-0.1, -0.05) is 13.8 Å². The van der Waals surface area contributed by atoms with Crippen molar-refractivity contribution in [2.75, 3.05) is 14.2 Å². The minimum absolute atomic E-state index is 0.424. The summed E-state index contributed by atoms with van der Waals surface area (Å²) in [4.78, 5) is 0. The van der Waals surface area contributed by atoms with Gasteiger partial charge in [-0.25, -0.2) is 0 Å². The second-order valence-corrected chi connectivity index (χ2v) is 3.76. The Morgan fingerprint density at radius 2 is 1.67 bits per heavy atom. The maximum absolute atomic E-state index is 9.89. The topological polar surface area (TPSA) is 38.7 Å². The molecule has 0 rings (SSSR count). The fourth-order valence-electron chi connectivity index (χ4n) is 1.53. The Bertz CT molecular complexity index is 117. The third-order valence-electron chi connectivity index (χ3n) is 1.76. The van der Waals surface area contributed by atoms with Gasteiger partial charge >= 0.3 is 0 Å². The zero-order valence-electron chi connectivity index (χ0n) is 8.63. The van der Waals surface area contributed by atoms with Crippen LogP contribution >= 0.6 is 0 Å². The van der Waals surface area contributed by atoms with Crippen molar-refractivity contribution >= 4 is 0 Å². The molecule has 12 heavy (non-hydrogen) atoms. The van der Waals surface area contributed by atoms with E-state index in [9.17, 15) is 5.11 Å². The van der Waals surface area contributed by atoms with Gasteiger partial charge in [-0.15, -0.1) is 0 Å². The highest BCUT2D eigenvalue weighted by Crippen LogP contribution is 2.22. The van der Waals surface area contributed by atoms with E-state index in [0.29, 0.717) is 12.3 Å². The molecule has 0 saturated carbocycles. The Labute approximate surface area is 74.7 Å². The first-order valence-electron chi connectivity index (χ1n) is 4.22.